The van der Waals surface area contributed by atoms with E-state index in [1.54, 1.807) is 24.3 Å². The normalized spacial score (nSPS) is 16.6. The molecule has 0 spiro atoms. The first-order chi connectivity index (χ1) is 9.85. The zero-order valence-electron chi connectivity index (χ0n) is 11.3. The second kappa shape index (κ2) is 6.74. The molecule has 1 aromatic carbocycles. The van der Waals surface area contributed by atoms with Gasteiger partial charge in [0, 0.05) is 17.6 Å². The summed E-state index contributed by atoms with van der Waals surface area (Å²) >= 11 is 5.85. The van der Waals surface area contributed by atoms with E-state index < -0.39 is 22.1 Å². The minimum absolute atomic E-state index is 0.0151. The molecule has 21 heavy (non-hydrogen) atoms. The first kappa shape index (κ1) is 16.2. The lowest BCUT2D eigenvalue weighted by molar-refractivity contribution is -0.141. The summed E-state index contributed by atoms with van der Waals surface area (Å²) in [6, 6.07) is 6.85. The molecule has 1 aliphatic carbocycles. The van der Waals surface area contributed by atoms with Crippen LogP contribution in [0, 0.1) is 5.92 Å². The fourth-order valence-corrected chi connectivity index (χ4v) is 3.26. The molecule has 0 saturated heterocycles. The Hall–Kier alpha value is -1.15. The lowest BCUT2D eigenvalue weighted by atomic mass is 10.00. The molecule has 1 aliphatic rings. The molecule has 116 valence electrons. The summed E-state index contributed by atoms with van der Waals surface area (Å²) in [6.07, 6.45) is 1.86. The molecular weight excluding hydrogens is 316 g/mol. The van der Waals surface area contributed by atoms with Crippen molar-refractivity contribution in [3.63, 3.8) is 0 Å². The molecule has 0 radical (unpaired) electrons. The Labute approximate surface area is 128 Å². The van der Waals surface area contributed by atoms with Crippen LogP contribution in [-0.4, -0.2) is 32.1 Å². The number of nitrogens with one attached hydrogen (secondary N) is 2. The van der Waals surface area contributed by atoms with Crippen LogP contribution in [0.3, 0.4) is 0 Å². The molecule has 0 aliphatic heterocycles. The second-order valence-corrected chi connectivity index (χ2v) is 7.08. The SMILES string of the molecule is O=C(O)C(CNS(=O)(=O)NC1CC1)Cc1cccc(Cl)c1. The molecule has 1 saturated carbocycles. The summed E-state index contributed by atoms with van der Waals surface area (Å²) in [6.45, 7) is -0.163. The highest BCUT2D eigenvalue weighted by atomic mass is 35.5. The third-order valence-corrected chi connectivity index (χ3v) is 4.56. The van der Waals surface area contributed by atoms with E-state index in [0.717, 1.165) is 18.4 Å². The van der Waals surface area contributed by atoms with Crippen LogP contribution in [0.25, 0.3) is 0 Å². The van der Waals surface area contributed by atoms with Crippen molar-refractivity contribution < 1.29 is 18.3 Å². The molecule has 2 rings (SSSR count). The topological polar surface area (TPSA) is 95.5 Å². The first-order valence-electron chi connectivity index (χ1n) is 6.60. The molecule has 1 fully saturated rings. The fraction of sp³-hybridized carbons (Fsp3) is 0.462. The van der Waals surface area contributed by atoms with Crippen molar-refractivity contribution in [2.24, 2.45) is 5.92 Å². The highest BCUT2D eigenvalue weighted by Gasteiger charge is 2.28. The highest BCUT2D eigenvalue weighted by Crippen LogP contribution is 2.19. The largest absolute Gasteiger partial charge is 0.481 e. The molecule has 3 N–H and O–H groups in total. The predicted octanol–water partition coefficient (Wildman–Crippen LogP) is 1.17. The van der Waals surface area contributed by atoms with Crippen molar-refractivity contribution in [2.75, 3.05) is 6.54 Å². The number of halogens is 1. The van der Waals surface area contributed by atoms with Gasteiger partial charge in [-0.2, -0.15) is 13.1 Å². The number of hydrogen-bond donors (Lipinski definition) is 3. The van der Waals surface area contributed by atoms with Crippen LogP contribution in [0.4, 0.5) is 0 Å². The number of carboxylic acid groups (broad SMARTS) is 1. The highest BCUT2D eigenvalue weighted by molar-refractivity contribution is 7.87. The van der Waals surface area contributed by atoms with E-state index in [1.165, 1.54) is 0 Å². The third-order valence-electron chi connectivity index (χ3n) is 3.14. The number of benzene rings is 1. The monoisotopic (exact) mass is 332 g/mol. The first-order valence-corrected chi connectivity index (χ1v) is 8.46. The second-order valence-electron chi connectivity index (χ2n) is 5.11. The zero-order valence-corrected chi connectivity index (χ0v) is 12.8. The van der Waals surface area contributed by atoms with Crippen molar-refractivity contribution >= 4 is 27.8 Å². The van der Waals surface area contributed by atoms with E-state index in [0.29, 0.717) is 5.02 Å². The molecule has 0 aromatic heterocycles. The molecule has 1 unspecified atom stereocenters. The summed E-state index contributed by atoms with van der Waals surface area (Å²) in [5.74, 6) is -1.90. The van der Waals surface area contributed by atoms with Crippen LogP contribution in [0.5, 0.6) is 0 Å². The smallest absolute Gasteiger partial charge is 0.308 e. The maximum absolute atomic E-state index is 11.7. The molecule has 0 heterocycles. The van der Waals surface area contributed by atoms with Gasteiger partial charge in [0.25, 0.3) is 10.2 Å². The van der Waals surface area contributed by atoms with Crippen LogP contribution in [0.15, 0.2) is 24.3 Å². The van der Waals surface area contributed by atoms with Crippen LogP contribution < -0.4 is 9.44 Å². The molecule has 1 atom stereocenters. The zero-order chi connectivity index (χ0) is 15.5. The van der Waals surface area contributed by atoms with E-state index in [-0.39, 0.29) is 19.0 Å². The van der Waals surface area contributed by atoms with Crippen molar-refractivity contribution in [3.8, 4) is 0 Å². The van der Waals surface area contributed by atoms with E-state index in [4.69, 9.17) is 11.6 Å². The minimum atomic E-state index is -3.64. The van der Waals surface area contributed by atoms with Crippen LogP contribution >= 0.6 is 11.6 Å². The Morgan fingerprint density at radius 3 is 2.71 bits per heavy atom. The number of hydrogen-bond acceptors (Lipinski definition) is 3. The lowest BCUT2D eigenvalue weighted by Crippen LogP contribution is -2.41. The Morgan fingerprint density at radius 1 is 1.43 bits per heavy atom. The van der Waals surface area contributed by atoms with Gasteiger partial charge in [-0.05, 0) is 37.0 Å². The quantitative estimate of drug-likeness (QED) is 0.666. The van der Waals surface area contributed by atoms with Gasteiger partial charge in [0.15, 0.2) is 0 Å². The van der Waals surface area contributed by atoms with Crippen molar-refractivity contribution in [2.45, 2.75) is 25.3 Å². The molecule has 0 amide bonds. The van der Waals surface area contributed by atoms with E-state index >= 15 is 0 Å². The average Bonchev–Trinajstić information content (AvgIpc) is 3.17. The van der Waals surface area contributed by atoms with Gasteiger partial charge in [0.1, 0.15) is 0 Å². The van der Waals surface area contributed by atoms with Gasteiger partial charge in [0.2, 0.25) is 0 Å². The van der Waals surface area contributed by atoms with Crippen molar-refractivity contribution in [3.05, 3.63) is 34.9 Å². The van der Waals surface area contributed by atoms with Gasteiger partial charge in [-0.25, -0.2) is 4.72 Å². The Kier molecular flexibility index (Phi) is 5.21. The Morgan fingerprint density at radius 2 is 2.14 bits per heavy atom. The van der Waals surface area contributed by atoms with Crippen LogP contribution in [0.1, 0.15) is 18.4 Å². The van der Waals surface area contributed by atoms with Gasteiger partial charge in [0.05, 0.1) is 5.92 Å². The van der Waals surface area contributed by atoms with Gasteiger partial charge in [-0.1, -0.05) is 23.7 Å². The fourth-order valence-electron chi connectivity index (χ4n) is 1.87. The summed E-state index contributed by atoms with van der Waals surface area (Å²) in [7, 11) is -3.64. The van der Waals surface area contributed by atoms with Crippen molar-refractivity contribution in [1.82, 2.24) is 9.44 Å². The number of carbonyl (C=O) groups is 1. The molecule has 6 nitrogen and oxygen atoms in total. The van der Waals surface area contributed by atoms with Gasteiger partial charge in [-0.15, -0.1) is 0 Å². The van der Waals surface area contributed by atoms with Gasteiger partial charge < -0.3 is 5.11 Å². The predicted molar refractivity (Wildman–Crippen MR) is 79.4 cm³/mol. The van der Waals surface area contributed by atoms with Crippen LogP contribution in [-0.2, 0) is 21.4 Å². The Balaban J connectivity index is 1.94. The molecule has 0 bridgehead atoms. The Bertz CT molecular complexity index is 616. The van der Waals surface area contributed by atoms with E-state index in [1.807, 2.05) is 0 Å². The van der Waals surface area contributed by atoms with E-state index in [9.17, 15) is 18.3 Å². The summed E-state index contributed by atoms with van der Waals surface area (Å²) < 4.78 is 28.1. The number of rotatable bonds is 8. The summed E-state index contributed by atoms with van der Waals surface area (Å²) in [5, 5.41) is 9.73. The summed E-state index contributed by atoms with van der Waals surface area (Å²) in [4.78, 5) is 11.3. The molecule has 1 aromatic rings. The minimum Gasteiger partial charge on any atom is -0.481 e. The van der Waals surface area contributed by atoms with Gasteiger partial charge in [-0.3, -0.25) is 4.79 Å². The molecular formula is C13H17ClN2O4S. The number of aliphatic carboxylic acids is 1. The average molecular weight is 333 g/mol. The number of carboxylic acids is 1. The van der Waals surface area contributed by atoms with E-state index in [2.05, 4.69) is 9.44 Å². The van der Waals surface area contributed by atoms with Crippen LogP contribution in [0.2, 0.25) is 5.02 Å². The standard InChI is InChI=1S/C13H17ClN2O4S/c14-11-3-1-2-9(7-11)6-10(13(17)18)8-15-21(19,20)16-12-4-5-12/h1-3,7,10,12,15-16H,4-6,8H2,(H,17,18). The molecule has 8 heteroatoms. The lowest BCUT2D eigenvalue weighted by Gasteiger charge is -2.14. The summed E-state index contributed by atoms with van der Waals surface area (Å²) in [5.41, 5.74) is 0.754. The van der Waals surface area contributed by atoms with Gasteiger partial charge >= 0.3 is 5.97 Å². The van der Waals surface area contributed by atoms with Crippen molar-refractivity contribution in [1.29, 1.82) is 0 Å². The maximum atomic E-state index is 11.7. The maximum Gasteiger partial charge on any atom is 0.308 e. The third kappa shape index (κ3) is 5.62.